The molecule has 2 amide bonds. The van der Waals surface area contributed by atoms with Crippen molar-refractivity contribution in [2.75, 3.05) is 33.7 Å². The quantitative estimate of drug-likeness (QED) is 0.830. The molecule has 24 heavy (non-hydrogen) atoms. The highest BCUT2D eigenvalue weighted by Gasteiger charge is 2.47. The molecule has 6 nitrogen and oxygen atoms in total. The zero-order valence-corrected chi connectivity index (χ0v) is 14.6. The number of carbonyl (C=O) groups is 2. The first-order valence-electron chi connectivity index (χ1n) is 8.63. The van der Waals surface area contributed by atoms with Crippen LogP contribution in [-0.2, 0) is 16.1 Å². The molecule has 1 aromatic rings. The zero-order valence-electron chi connectivity index (χ0n) is 14.6. The fourth-order valence-electron chi connectivity index (χ4n) is 3.77. The smallest absolute Gasteiger partial charge is 0.241 e. The highest BCUT2D eigenvalue weighted by atomic mass is 16.2. The Morgan fingerprint density at radius 1 is 1.25 bits per heavy atom. The standard InChI is InChI=1S/C18H26N4O2/c1-20(2)17(24)14-22-16(23)6-7-18(22)8-11-21(12-9-18)13-15-5-3-4-10-19-15/h3-5,10H,6-9,11-14H2,1-2H3. The lowest BCUT2D eigenvalue weighted by Crippen LogP contribution is -2.55. The molecule has 130 valence electrons. The van der Waals surface area contributed by atoms with Gasteiger partial charge in [-0.2, -0.15) is 0 Å². The van der Waals surface area contributed by atoms with E-state index in [1.165, 1.54) is 0 Å². The molecule has 1 spiro atoms. The van der Waals surface area contributed by atoms with E-state index in [0.717, 1.165) is 44.6 Å². The second-order valence-electron chi connectivity index (χ2n) is 7.09. The molecule has 2 saturated heterocycles. The molecule has 6 heteroatoms. The topological polar surface area (TPSA) is 56.8 Å². The van der Waals surface area contributed by atoms with Crippen molar-refractivity contribution in [2.45, 2.75) is 37.8 Å². The molecule has 0 N–H and O–H groups in total. The van der Waals surface area contributed by atoms with Crippen molar-refractivity contribution in [1.82, 2.24) is 19.7 Å². The monoisotopic (exact) mass is 330 g/mol. The molecular weight excluding hydrogens is 304 g/mol. The van der Waals surface area contributed by atoms with Crippen molar-refractivity contribution in [3.05, 3.63) is 30.1 Å². The number of hydrogen-bond acceptors (Lipinski definition) is 4. The molecule has 3 heterocycles. The second-order valence-corrected chi connectivity index (χ2v) is 7.09. The van der Waals surface area contributed by atoms with Gasteiger partial charge >= 0.3 is 0 Å². The van der Waals surface area contributed by atoms with Gasteiger partial charge in [0.2, 0.25) is 11.8 Å². The SMILES string of the molecule is CN(C)C(=O)CN1C(=O)CCC12CCN(Cc1ccccn1)CC2. The Morgan fingerprint density at radius 2 is 2.00 bits per heavy atom. The number of rotatable bonds is 4. The summed E-state index contributed by atoms with van der Waals surface area (Å²) < 4.78 is 0. The van der Waals surface area contributed by atoms with Gasteiger partial charge in [-0.05, 0) is 31.4 Å². The minimum Gasteiger partial charge on any atom is -0.347 e. The molecule has 0 bridgehead atoms. The van der Waals surface area contributed by atoms with Crippen LogP contribution in [0.1, 0.15) is 31.4 Å². The zero-order chi connectivity index (χ0) is 17.2. The summed E-state index contributed by atoms with van der Waals surface area (Å²) in [5, 5.41) is 0. The van der Waals surface area contributed by atoms with E-state index in [4.69, 9.17) is 0 Å². The highest BCUT2D eigenvalue weighted by Crippen LogP contribution is 2.39. The first kappa shape index (κ1) is 16.9. The van der Waals surface area contributed by atoms with Gasteiger partial charge in [0.1, 0.15) is 6.54 Å². The van der Waals surface area contributed by atoms with E-state index in [1.54, 1.807) is 19.0 Å². The number of amides is 2. The maximum atomic E-state index is 12.3. The summed E-state index contributed by atoms with van der Waals surface area (Å²) in [6, 6.07) is 5.99. The number of aromatic nitrogens is 1. The van der Waals surface area contributed by atoms with Gasteiger partial charge in [-0.15, -0.1) is 0 Å². The van der Waals surface area contributed by atoms with Gasteiger partial charge in [-0.3, -0.25) is 19.5 Å². The summed E-state index contributed by atoms with van der Waals surface area (Å²) in [6.45, 7) is 2.95. The summed E-state index contributed by atoms with van der Waals surface area (Å²) >= 11 is 0. The fourth-order valence-corrected chi connectivity index (χ4v) is 3.77. The summed E-state index contributed by atoms with van der Waals surface area (Å²) in [4.78, 5) is 34.6. The van der Waals surface area contributed by atoms with Crippen LogP contribution in [0.5, 0.6) is 0 Å². The molecule has 2 aliphatic rings. The number of carbonyl (C=O) groups excluding carboxylic acids is 2. The van der Waals surface area contributed by atoms with E-state index in [0.29, 0.717) is 6.42 Å². The van der Waals surface area contributed by atoms with Crippen LogP contribution in [-0.4, -0.2) is 70.8 Å². The number of likely N-dealkylation sites (N-methyl/N-ethyl adjacent to an activating group) is 1. The van der Waals surface area contributed by atoms with Crippen LogP contribution in [0.2, 0.25) is 0 Å². The Balaban J connectivity index is 1.62. The van der Waals surface area contributed by atoms with Crippen molar-refractivity contribution in [2.24, 2.45) is 0 Å². The minimum atomic E-state index is -0.122. The van der Waals surface area contributed by atoms with Gasteiger partial charge in [0.15, 0.2) is 0 Å². The second kappa shape index (κ2) is 6.89. The summed E-state index contributed by atoms with van der Waals surface area (Å²) in [5.74, 6) is 0.129. The Hall–Kier alpha value is -1.95. The van der Waals surface area contributed by atoms with Gasteiger partial charge in [0, 0.05) is 51.9 Å². The van der Waals surface area contributed by atoms with Gasteiger partial charge < -0.3 is 9.80 Å². The minimum absolute atomic E-state index is 0.000500. The molecule has 2 fully saturated rings. The number of hydrogen-bond donors (Lipinski definition) is 0. The fraction of sp³-hybridized carbons (Fsp3) is 0.611. The number of nitrogens with zero attached hydrogens (tertiary/aromatic N) is 4. The van der Waals surface area contributed by atoms with Gasteiger partial charge in [0.25, 0.3) is 0 Å². The van der Waals surface area contributed by atoms with Crippen LogP contribution in [0.25, 0.3) is 0 Å². The van der Waals surface area contributed by atoms with Crippen molar-refractivity contribution in [3.63, 3.8) is 0 Å². The average molecular weight is 330 g/mol. The Labute approximate surface area is 143 Å². The van der Waals surface area contributed by atoms with Gasteiger partial charge in [-0.1, -0.05) is 6.07 Å². The molecule has 3 rings (SSSR count). The van der Waals surface area contributed by atoms with Crippen molar-refractivity contribution in [1.29, 1.82) is 0 Å². The molecule has 0 aliphatic carbocycles. The third-order valence-corrected chi connectivity index (χ3v) is 5.37. The highest BCUT2D eigenvalue weighted by molar-refractivity contribution is 5.86. The summed E-state index contributed by atoms with van der Waals surface area (Å²) in [7, 11) is 3.48. The van der Waals surface area contributed by atoms with Crippen molar-refractivity contribution in [3.8, 4) is 0 Å². The molecule has 0 unspecified atom stereocenters. The van der Waals surface area contributed by atoms with E-state index in [9.17, 15) is 9.59 Å². The molecular formula is C18H26N4O2. The molecule has 1 aromatic heterocycles. The van der Waals surface area contributed by atoms with E-state index in [1.807, 2.05) is 29.3 Å². The third-order valence-electron chi connectivity index (χ3n) is 5.37. The first-order valence-corrected chi connectivity index (χ1v) is 8.63. The lowest BCUT2D eigenvalue weighted by molar-refractivity contribution is -0.141. The van der Waals surface area contributed by atoms with Crippen molar-refractivity contribution < 1.29 is 9.59 Å². The van der Waals surface area contributed by atoms with Gasteiger partial charge in [-0.25, -0.2) is 0 Å². The van der Waals surface area contributed by atoms with Gasteiger partial charge in [0.05, 0.1) is 5.69 Å². The maximum Gasteiger partial charge on any atom is 0.241 e. The lowest BCUT2D eigenvalue weighted by atomic mass is 9.85. The summed E-state index contributed by atoms with van der Waals surface area (Å²) in [5.41, 5.74) is 0.958. The van der Waals surface area contributed by atoms with Crippen LogP contribution in [0.3, 0.4) is 0 Å². The van der Waals surface area contributed by atoms with E-state index < -0.39 is 0 Å². The predicted octanol–water partition coefficient (Wildman–Crippen LogP) is 1.13. The lowest BCUT2D eigenvalue weighted by Gasteiger charge is -2.44. The largest absolute Gasteiger partial charge is 0.347 e. The Morgan fingerprint density at radius 3 is 2.62 bits per heavy atom. The van der Waals surface area contributed by atoms with E-state index in [-0.39, 0.29) is 23.9 Å². The number of likely N-dealkylation sites (tertiary alicyclic amines) is 2. The molecule has 0 aromatic carbocycles. The molecule has 2 aliphatic heterocycles. The van der Waals surface area contributed by atoms with Crippen LogP contribution in [0.15, 0.2) is 24.4 Å². The average Bonchev–Trinajstić information content (AvgIpc) is 2.87. The van der Waals surface area contributed by atoms with Crippen LogP contribution in [0, 0.1) is 0 Å². The van der Waals surface area contributed by atoms with E-state index in [2.05, 4.69) is 9.88 Å². The molecule has 0 radical (unpaired) electrons. The van der Waals surface area contributed by atoms with Crippen LogP contribution < -0.4 is 0 Å². The summed E-state index contributed by atoms with van der Waals surface area (Å²) in [6.07, 6.45) is 5.15. The van der Waals surface area contributed by atoms with E-state index >= 15 is 0 Å². The van der Waals surface area contributed by atoms with Crippen molar-refractivity contribution >= 4 is 11.8 Å². The van der Waals surface area contributed by atoms with Crippen LogP contribution in [0.4, 0.5) is 0 Å². The Bertz CT molecular complexity index is 594. The third kappa shape index (κ3) is 3.43. The normalized spacial score (nSPS) is 20.6. The number of piperidine rings is 1. The van der Waals surface area contributed by atoms with Crippen LogP contribution >= 0.6 is 0 Å². The maximum absolute atomic E-state index is 12.3. The Kier molecular flexibility index (Phi) is 4.85. The predicted molar refractivity (Wildman–Crippen MR) is 91.1 cm³/mol. The molecule has 0 saturated carbocycles. The molecule has 0 atom stereocenters. The number of pyridine rings is 1. The first-order chi connectivity index (χ1) is 11.5.